The summed E-state index contributed by atoms with van der Waals surface area (Å²) in [6.07, 6.45) is 1.65. The van der Waals surface area contributed by atoms with Gasteiger partial charge < -0.3 is 19.5 Å². The molecule has 0 radical (unpaired) electrons. The van der Waals surface area contributed by atoms with E-state index in [1.165, 1.54) is 12.1 Å². The molecule has 1 aromatic heterocycles. The molecule has 0 bridgehead atoms. The number of nitrogens with zero attached hydrogens (tertiary/aromatic N) is 1. The van der Waals surface area contributed by atoms with Crippen molar-refractivity contribution < 1.29 is 18.6 Å². The maximum atomic E-state index is 13.4. The highest BCUT2D eigenvalue weighted by Crippen LogP contribution is 2.40. The van der Waals surface area contributed by atoms with Crippen molar-refractivity contribution >= 4 is 16.6 Å². The van der Waals surface area contributed by atoms with E-state index in [4.69, 9.17) is 14.2 Å². The van der Waals surface area contributed by atoms with E-state index in [1.807, 2.05) is 18.2 Å². The third kappa shape index (κ3) is 3.28. The summed E-state index contributed by atoms with van der Waals surface area (Å²) in [6.45, 7) is 0.500. The van der Waals surface area contributed by atoms with Gasteiger partial charge in [-0.2, -0.15) is 0 Å². The van der Waals surface area contributed by atoms with Gasteiger partial charge in [0.05, 0.1) is 26.8 Å². The Kier molecular flexibility index (Phi) is 4.88. The normalized spacial score (nSPS) is 10.6. The molecule has 0 atom stereocenters. The van der Waals surface area contributed by atoms with Crippen molar-refractivity contribution in [3.63, 3.8) is 0 Å². The summed E-state index contributed by atoms with van der Waals surface area (Å²) in [4.78, 5) is 4.20. The predicted molar refractivity (Wildman–Crippen MR) is 95.1 cm³/mol. The highest BCUT2D eigenvalue weighted by molar-refractivity contribution is 5.90. The molecule has 0 aliphatic rings. The number of pyridine rings is 1. The van der Waals surface area contributed by atoms with Gasteiger partial charge in [0.15, 0.2) is 11.5 Å². The van der Waals surface area contributed by atoms with E-state index in [9.17, 15) is 4.39 Å². The Bertz CT molecular complexity index is 899. The van der Waals surface area contributed by atoms with Crippen LogP contribution in [0.1, 0.15) is 5.56 Å². The smallest absolute Gasteiger partial charge is 0.203 e. The molecule has 0 aliphatic heterocycles. The molecule has 0 spiro atoms. The zero-order chi connectivity index (χ0) is 17.8. The number of benzene rings is 2. The molecule has 2 aromatic carbocycles. The molecule has 1 N–H and O–H groups in total. The number of ether oxygens (including phenoxy) is 3. The highest BCUT2D eigenvalue weighted by Gasteiger charge is 2.15. The van der Waals surface area contributed by atoms with E-state index in [0.29, 0.717) is 29.3 Å². The second-order valence-corrected chi connectivity index (χ2v) is 5.37. The molecule has 3 aromatic rings. The number of methoxy groups -OCH3 is 3. The molecular formula is C19H19FN2O3. The minimum atomic E-state index is -0.307. The van der Waals surface area contributed by atoms with Crippen LogP contribution in [0.5, 0.6) is 17.2 Å². The molecule has 5 nitrogen and oxygen atoms in total. The Morgan fingerprint density at radius 1 is 0.960 bits per heavy atom. The topological polar surface area (TPSA) is 52.6 Å². The molecule has 6 heteroatoms. The lowest BCUT2D eigenvalue weighted by Crippen LogP contribution is -2.04. The van der Waals surface area contributed by atoms with Crippen LogP contribution >= 0.6 is 0 Å². The Hall–Kier alpha value is -3.02. The lowest BCUT2D eigenvalue weighted by Gasteiger charge is -2.17. The molecule has 0 unspecified atom stereocenters. The number of fused-ring (bicyclic) bond motifs is 1. The fraction of sp³-hybridized carbons (Fsp3) is 0.211. The number of rotatable bonds is 6. The minimum absolute atomic E-state index is 0.307. The maximum absolute atomic E-state index is 13.4. The summed E-state index contributed by atoms with van der Waals surface area (Å²) < 4.78 is 29.6. The van der Waals surface area contributed by atoms with Gasteiger partial charge in [0, 0.05) is 35.4 Å². The largest absolute Gasteiger partial charge is 0.493 e. The van der Waals surface area contributed by atoms with Crippen LogP contribution in [0.3, 0.4) is 0 Å². The molecular weight excluding hydrogens is 323 g/mol. The van der Waals surface area contributed by atoms with Crippen LogP contribution in [-0.4, -0.2) is 26.3 Å². The van der Waals surface area contributed by atoms with Crippen molar-refractivity contribution in [3.05, 3.63) is 54.0 Å². The summed E-state index contributed by atoms with van der Waals surface area (Å²) in [5.74, 6) is 1.45. The first kappa shape index (κ1) is 16.8. The first-order valence-corrected chi connectivity index (χ1v) is 7.74. The zero-order valence-corrected chi connectivity index (χ0v) is 14.3. The Labute approximate surface area is 145 Å². The maximum Gasteiger partial charge on any atom is 0.203 e. The number of aromatic nitrogens is 1. The molecule has 0 fully saturated rings. The first-order valence-electron chi connectivity index (χ1n) is 7.74. The average Bonchev–Trinajstić information content (AvgIpc) is 2.64. The van der Waals surface area contributed by atoms with Crippen molar-refractivity contribution in [2.45, 2.75) is 6.54 Å². The van der Waals surface area contributed by atoms with Gasteiger partial charge in [-0.3, -0.25) is 4.98 Å². The standard InChI is InChI=1S/C19H19FN2O3/c1-23-17-7-4-12(18(24-2)19(17)25-3)11-22-15-8-9-21-16-10-13(20)5-6-14(15)16/h4-10H,11H2,1-3H3,(H,21,22). The number of hydrogen-bond acceptors (Lipinski definition) is 5. The van der Waals surface area contributed by atoms with Crippen molar-refractivity contribution in [1.82, 2.24) is 4.98 Å². The molecule has 130 valence electrons. The van der Waals surface area contributed by atoms with E-state index in [1.54, 1.807) is 33.6 Å². The van der Waals surface area contributed by atoms with Gasteiger partial charge in [-0.1, -0.05) is 0 Å². The van der Waals surface area contributed by atoms with Crippen LogP contribution in [0.15, 0.2) is 42.6 Å². The van der Waals surface area contributed by atoms with Gasteiger partial charge in [-0.15, -0.1) is 0 Å². The second-order valence-electron chi connectivity index (χ2n) is 5.37. The fourth-order valence-electron chi connectivity index (χ4n) is 2.77. The molecule has 0 aliphatic carbocycles. The molecule has 0 saturated carbocycles. The number of anilines is 1. The average molecular weight is 342 g/mol. The van der Waals surface area contributed by atoms with E-state index >= 15 is 0 Å². The fourth-order valence-corrected chi connectivity index (χ4v) is 2.77. The molecule has 0 amide bonds. The van der Waals surface area contributed by atoms with Gasteiger partial charge in [-0.25, -0.2) is 4.39 Å². The summed E-state index contributed by atoms with van der Waals surface area (Å²) in [7, 11) is 4.74. The van der Waals surface area contributed by atoms with E-state index in [-0.39, 0.29) is 5.82 Å². The van der Waals surface area contributed by atoms with Gasteiger partial charge in [0.1, 0.15) is 5.82 Å². The molecule has 0 saturated heterocycles. The van der Waals surface area contributed by atoms with Crippen molar-refractivity contribution in [1.29, 1.82) is 0 Å². The Morgan fingerprint density at radius 3 is 2.48 bits per heavy atom. The predicted octanol–water partition coefficient (Wildman–Crippen LogP) is 4.01. The minimum Gasteiger partial charge on any atom is -0.493 e. The molecule has 25 heavy (non-hydrogen) atoms. The lowest BCUT2D eigenvalue weighted by molar-refractivity contribution is 0.322. The van der Waals surface area contributed by atoms with Crippen molar-refractivity contribution in [3.8, 4) is 17.2 Å². The molecule has 1 heterocycles. The SMILES string of the molecule is COc1ccc(CNc2ccnc3cc(F)ccc23)c(OC)c1OC. The van der Waals surface area contributed by atoms with Gasteiger partial charge in [0.25, 0.3) is 0 Å². The third-order valence-corrected chi connectivity index (χ3v) is 3.96. The van der Waals surface area contributed by atoms with Crippen LogP contribution in [0.4, 0.5) is 10.1 Å². The number of nitrogens with one attached hydrogen (secondary N) is 1. The summed E-state index contributed by atoms with van der Waals surface area (Å²) in [5.41, 5.74) is 2.37. The summed E-state index contributed by atoms with van der Waals surface area (Å²) >= 11 is 0. The highest BCUT2D eigenvalue weighted by atomic mass is 19.1. The Balaban J connectivity index is 1.92. The summed E-state index contributed by atoms with van der Waals surface area (Å²) in [6, 6.07) is 10.2. The van der Waals surface area contributed by atoms with Crippen molar-refractivity contribution in [2.75, 3.05) is 26.6 Å². The van der Waals surface area contributed by atoms with E-state index in [0.717, 1.165) is 16.6 Å². The van der Waals surface area contributed by atoms with Crippen LogP contribution in [-0.2, 0) is 6.54 Å². The van der Waals surface area contributed by atoms with Gasteiger partial charge >= 0.3 is 0 Å². The lowest BCUT2D eigenvalue weighted by atomic mass is 10.1. The quantitative estimate of drug-likeness (QED) is 0.733. The number of hydrogen-bond donors (Lipinski definition) is 1. The van der Waals surface area contributed by atoms with Gasteiger partial charge in [-0.05, 0) is 30.3 Å². The van der Waals surface area contributed by atoms with E-state index in [2.05, 4.69) is 10.3 Å². The first-order chi connectivity index (χ1) is 12.2. The van der Waals surface area contributed by atoms with Crippen LogP contribution in [0.25, 0.3) is 10.9 Å². The van der Waals surface area contributed by atoms with E-state index < -0.39 is 0 Å². The van der Waals surface area contributed by atoms with Crippen LogP contribution in [0, 0.1) is 5.82 Å². The monoisotopic (exact) mass is 342 g/mol. The van der Waals surface area contributed by atoms with Crippen molar-refractivity contribution in [2.24, 2.45) is 0 Å². The number of halogens is 1. The zero-order valence-electron chi connectivity index (χ0n) is 14.3. The van der Waals surface area contributed by atoms with Gasteiger partial charge in [0.2, 0.25) is 5.75 Å². The van der Waals surface area contributed by atoms with Crippen LogP contribution < -0.4 is 19.5 Å². The second kappa shape index (κ2) is 7.25. The summed E-state index contributed by atoms with van der Waals surface area (Å²) in [5, 5.41) is 4.20. The third-order valence-electron chi connectivity index (χ3n) is 3.96. The Morgan fingerprint density at radius 2 is 1.76 bits per heavy atom. The van der Waals surface area contributed by atoms with Crippen LogP contribution in [0.2, 0.25) is 0 Å². The molecule has 3 rings (SSSR count).